The van der Waals surface area contributed by atoms with Gasteiger partial charge in [0.15, 0.2) is 0 Å². The second kappa shape index (κ2) is 9.67. The number of nitrogens with zero attached hydrogens (tertiary/aromatic N) is 1. The van der Waals surface area contributed by atoms with E-state index in [0.29, 0.717) is 29.5 Å². The molecule has 0 saturated heterocycles. The van der Waals surface area contributed by atoms with Gasteiger partial charge in [0, 0.05) is 31.6 Å². The number of aliphatic hydroxyl groups excluding tert-OH is 2. The van der Waals surface area contributed by atoms with Crippen LogP contribution in [-0.2, 0) is 10.2 Å². The van der Waals surface area contributed by atoms with Crippen molar-refractivity contribution in [3.63, 3.8) is 0 Å². The molecule has 0 bridgehead atoms. The Morgan fingerprint density at radius 2 is 1.82 bits per heavy atom. The van der Waals surface area contributed by atoms with Gasteiger partial charge in [0.05, 0.1) is 23.9 Å². The molecule has 4 N–H and O–H groups in total. The molecule has 0 radical (unpaired) electrons. The number of hydrogen-bond donors (Lipinski definition) is 4. The van der Waals surface area contributed by atoms with Gasteiger partial charge >= 0.3 is 0 Å². The molecule has 0 spiro atoms. The van der Waals surface area contributed by atoms with E-state index in [2.05, 4.69) is 9.71 Å². The predicted octanol–water partition coefficient (Wildman–Crippen LogP) is 2.87. The maximum Gasteiger partial charge on any atom is 0.279 e. The Morgan fingerprint density at radius 3 is 2.47 bits per heavy atom. The summed E-state index contributed by atoms with van der Waals surface area (Å²) in [4.78, 5) is 3.03. The first kappa shape index (κ1) is 24.7. The smallest absolute Gasteiger partial charge is 0.279 e. The van der Waals surface area contributed by atoms with Crippen LogP contribution < -0.4 is 4.72 Å². The number of rotatable bonds is 9. The summed E-state index contributed by atoms with van der Waals surface area (Å²) in [6.45, 7) is -0.631. The van der Waals surface area contributed by atoms with Crippen molar-refractivity contribution in [2.45, 2.75) is 24.9 Å². The summed E-state index contributed by atoms with van der Waals surface area (Å²) in [6.07, 6.45) is -0.00236. The van der Waals surface area contributed by atoms with Crippen molar-refractivity contribution in [3.8, 4) is 11.3 Å². The van der Waals surface area contributed by atoms with E-state index in [9.17, 15) is 26.7 Å². The number of hydrogen-bond acceptors (Lipinski definition) is 4. The van der Waals surface area contributed by atoms with Crippen LogP contribution in [0.1, 0.15) is 24.3 Å². The third kappa shape index (κ3) is 4.98. The Morgan fingerprint density at radius 1 is 1.15 bits per heavy atom. The van der Waals surface area contributed by atoms with E-state index in [1.54, 1.807) is 12.1 Å². The van der Waals surface area contributed by atoms with Gasteiger partial charge < -0.3 is 15.2 Å². The van der Waals surface area contributed by atoms with Gasteiger partial charge in [0.2, 0.25) is 0 Å². The number of halogens is 3. The molecule has 1 unspecified atom stereocenters. The Kier molecular flexibility index (Phi) is 7.02. The highest BCUT2D eigenvalue weighted by Crippen LogP contribution is 2.48. The highest BCUT2D eigenvalue weighted by atomic mass is 32.2. The van der Waals surface area contributed by atoms with E-state index in [4.69, 9.17) is 5.11 Å². The van der Waals surface area contributed by atoms with Crippen molar-refractivity contribution >= 4 is 21.1 Å². The summed E-state index contributed by atoms with van der Waals surface area (Å²) < 4.78 is 70.1. The van der Waals surface area contributed by atoms with Gasteiger partial charge in [-0.15, -0.1) is 0 Å². The van der Waals surface area contributed by atoms with Gasteiger partial charge in [-0.2, -0.15) is 12.7 Å². The molecule has 0 aliphatic heterocycles. The molecule has 4 rings (SSSR count). The zero-order valence-electron chi connectivity index (χ0n) is 18.4. The standard InChI is InChI=1S/C23H26F3N3O4S/c1-29(11-18(31)12-30)34(32,33)27-10-13-6-15(7-13)21-19-8-17(25)9-20(26)23(19)28-22(21)14-2-4-16(24)5-3-14/h2-5,8-9,13,15,18,27-28,30-31H,6-7,10-12H2,1H3. The normalized spacial score (nSPS) is 19.5. The quantitative estimate of drug-likeness (QED) is 0.365. The summed E-state index contributed by atoms with van der Waals surface area (Å²) in [5.74, 6) is -1.90. The number of aliphatic hydroxyl groups is 2. The first-order chi connectivity index (χ1) is 16.1. The molecule has 1 aliphatic carbocycles. The Balaban J connectivity index is 1.53. The number of fused-ring (bicyclic) bond motifs is 1. The van der Waals surface area contributed by atoms with Crippen molar-refractivity contribution in [1.82, 2.24) is 14.0 Å². The van der Waals surface area contributed by atoms with Crippen molar-refractivity contribution in [1.29, 1.82) is 0 Å². The van der Waals surface area contributed by atoms with Crippen molar-refractivity contribution < 1.29 is 31.8 Å². The van der Waals surface area contributed by atoms with Crippen LogP contribution in [0.4, 0.5) is 13.2 Å². The van der Waals surface area contributed by atoms with Crippen LogP contribution in [0.15, 0.2) is 36.4 Å². The lowest BCUT2D eigenvalue weighted by atomic mass is 9.70. The Bertz CT molecular complexity index is 1270. The molecule has 1 saturated carbocycles. The average molecular weight is 498 g/mol. The highest BCUT2D eigenvalue weighted by Gasteiger charge is 2.35. The number of aromatic nitrogens is 1. The minimum Gasteiger partial charge on any atom is -0.394 e. The topological polar surface area (TPSA) is 106 Å². The van der Waals surface area contributed by atoms with Crippen LogP contribution in [0.5, 0.6) is 0 Å². The highest BCUT2D eigenvalue weighted by molar-refractivity contribution is 7.87. The van der Waals surface area contributed by atoms with Gasteiger partial charge in [0.1, 0.15) is 17.5 Å². The Labute approximate surface area is 195 Å². The third-order valence-electron chi connectivity index (χ3n) is 6.28. The molecule has 2 aromatic carbocycles. The van der Waals surface area contributed by atoms with Crippen LogP contribution in [0.3, 0.4) is 0 Å². The molecule has 3 aromatic rings. The van der Waals surface area contributed by atoms with E-state index in [1.165, 1.54) is 25.2 Å². The monoisotopic (exact) mass is 497 g/mol. The number of likely N-dealkylation sites (N-methyl/N-ethyl adjacent to an activating group) is 1. The molecule has 184 valence electrons. The number of aromatic amines is 1. The largest absolute Gasteiger partial charge is 0.394 e. The fourth-order valence-corrected chi connectivity index (χ4v) is 5.47. The zero-order valence-corrected chi connectivity index (χ0v) is 19.2. The number of nitrogens with one attached hydrogen (secondary N) is 2. The average Bonchev–Trinajstić information content (AvgIpc) is 3.12. The van der Waals surface area contributed by atoms with E-state index in [0.717, 1.165) is 15.9 Å². The van der Waals surface area contributed by atoms with E-state index >= 15 is 0 Å². The molecule has 0 amide bonds. The molecule has 34 heavy (non-hydrogen) atoms. The first-order valence-corrected chi connectivity index (χ1v) is 12.3. The maximum atomic E-state index is 14.5. The number of benzene rings is 2. The van der Waals surface area contributed by atoms with E-state index in [-0.39, 0.29) is 30.4 Å². The van der Waals surface area contributed by atoms with Gasteiger partial charge in [-0.25, -0.2) is 17.9 Å². The second-order valence-electron chi connectivity index (χ2n) is 8.74. The van der Waals surface area contributed by atoms with Crippen LogP contribution in [0.25, 0.3) is 22.2 Å². The Hall–Kier alpha value is -2.44. The van der Waals surface area contributed by atoms with Crippen LogP contribution in [0.2, 0.25) is 0 Å². The summed E-state index contributed by atoms with van der Waals surface area (Å²) >= 11 is 0. The first-order valence-electron chi connectivity index (χ1n) is 10.9. The predicted molar refractivity (Wildman–Crippen MR) is 122 cm³/mol. The summed E-state index contributed by atoms with van der Waals surface area (Å²) in [5.41, 5.74) is 2.12. The second-order valence-corrected chi connectivity index (χ2v) is 10.6. The van der Waals surface area contributed by atoms with Gasteiger partial charge in [0.25, 0.3) is 10.2 Å². The molecule has 1 heterocycles. The molecule has 1 fully saturated rings. The molecular weight excluding hydrogens is 471 g/mol. The third-order valence-corrected chi connectivity index (χ3v) is 7.79. The molecule has 7 nitrogen and oxygen atoms in total. The van der Waals surface area contributed by atoms with Gasteiger partial charge in [-0.3, -0.25) is 0 Å². The minimum absolute atomic E-state index is 0.000337. The fourth-order valence-electron chi connectivity index (χ4n) is 4.43. The molecular formula is C23H26F3N3O4S. The summed E-state index contributed by atoms with van der Waals surface area (Å²) in [5, 5.41) is 18.8. The van der Waals surface area contributed by atoms with Crippen LogP contribution in [-0.4, -0.2) is 60.8 Å². The molecule has 11 heteroatoms. The minimum atomic E-state index is -3.84. The van der Waals surface area contributed by atoms with E-state index in [1.807, 2.05) is 0 Å². The van der Waals surface area contributed by atoms with Crippen molar-refractivity contribution in [2.75, 3.05) is 26.7 Å². The van der Waals surface area contributed by atoms with Crippen molar-refractivity contribution in [3.05, 3.63) is 59.4 Å². The SMILES string of the molecule is CN(CC(O)CO)S(=O)(=O)NCC1CC(c2c(-c3ccc(F)cc3)[nH]c3c(F)cc(F)cc23)C1. The van der Waals surface area contributed by atoms with Gasteiger partial charge in [-0.1, -0.05) is 0 Å². The molecule has 1 aromatic heterocycles. The summed E-state index contributed by atoms with van der Waals surface area (Å²) in [6, 6.07) is 7.81. The molecule has 1 atom stereocenters. The maximum absolute atomic E-state index is 14.5. The van der Waals surface area contributed by atoms with Crippen LogP contribution in [0, 0.1) is 23.4 Å². The van der Waals surface area contributed by atoms with Crippen molar-refractivity contribution in [2.24, 2.45) is 5.92 Å². The fraction of sp³-hybridized carbons (Fsp3) is 0.391. The lowest BCUT2D eigenvalue weighted by Gasteiger charge is -2.36. The molecule has 1 aliphatic rings. The number of H-pyrrole nitrogens is 1. The summed E-state index contributed by atoms with van der Waals surface area (Å²) in [7, 11) is -2.54. The van der Waals surface area contributed by atoms with E-state index < -0.39 is 40.4 Å². The van der Waals surface area contributed by atoms with Crippen LogP contribution >= 0.6 is 0 Å². The lowest BCUT2D eigenvalue weighted by Crippen LogP contribution is -2.45. The lowest BCUT2D eigenvalue weighted by molar-refractivity contribution is 0.0823. The van der Waals surface area contributed by atoms with Gasteiger partial charge in [-0.05, 0) is 66.1 Å². The zero-order chi connectivity index (χ0) is 24.6.